The van der Waals surface area contributed by atoms with Crippen LogP contribution in [0, 0.1) is 0 Å². The first-order valence-corrected chi connectivity index (χ1v) is 6.95. The summed E-state index contributed by atoms with van der Waals surface area (Å²) < 4.78 is 0. The summed E-state index contributed by atoms with van der Waals surface area (Å²) in [7, 11) is 0. The van der Waals surface area contributed by atoms with E-state index in [1.165, 1.54) is 0 Å². The average molecular weight is 291 g/mol. The van der Waals surface area contributed by atoms with E-state index in [0.717, 1.165) is 5.57 Å². The maximum absolute atomic E-state index is 5.92. The summed E-state index contributed by atoms with van der Waals surface area (Å²) in [5.74, 6) is 5.92. The molecule has 8 N–H and O–H groups in total. The molecular formula is C16H29N5. The Morgan fingerprint density at radius 1 is 1.05 bits per heavy atom. The summed E-state index contributed by atoms with van der Waals surface area (Å²) in [6, 6.07) is -0.0575. The lowest BCUT2D eigenvalue weighted by Gasteiger charge is -2.16. The molecule has 0 aromatic rings. The second-order valence-electron chi connectivity index (χ2n) is 5.06. The van der Waals surface area contributed by atoms with Crippen molar-refractivity contribution in [3.8, 4) is 0 Å². The normalized spacial score (nSPS) is 16.4. The molecule has 1 unspecified atom stereocenters. The van der Waals surface area contributed by atoms with Gasteiger partial charge in [-0.25, -0.2) is 5.01 Å². The summed E-state index contributed by atoms with van der Waals surface area (Å²) in [4.78, 5) is 0. The van der Waals surface area contributed by atoms with Crippen molar-refractivity contribution in [3.63, 3.8) is 0 Å². The van der Waals surface area contributed by atoms with E-state index in [0.29, 0.717) is 24.5 Å². The van der Waals surface area contributed by atoms with Gasteiger partial charge in [-0.15, -0.1) is 0 Å². The first-order chi connectivity index (χ1) is 9.85. The third kappa shape index (κ3) is 11.7. The zero-order valence-corrected chi connectivity index (χ0v) is 13.3. The molecule has 5 heteroatoms. The molecule has 0 aromatic carbocycles. The van der Waals surface area contributed by atoms with Gasteiger partial charge in [0, 0.05) is 24.0 Å². The number of nitrogens with zero attached hydrogens (tertiary/aromatic N) is 1. The highest BCUT2D eigenvalue weighted by Crippen LogP contribution is 1.98. The molecule has 0 saturated heterocycles. The van der Waals surface area contributed by atoms with Crippen LogP contribution in [0.3, 0.4) is 0 Å². The molecular weight excluding hydrogens is 262 g/mol. The van der Waals surface area contributed by atoms with E-state index in [9.17, 15) is 0 Å². The Bertz CT molecular complexity index is 440. The highest BCUT2D eigenvalue weighted by atomic mass is 15.4. The lowest BCUT2D eigenvalue weighted by Crippen LogP contribution is -2.35. The smallest absolute Gasteiger partial charge is 0.0528 e. The molecule has 118 valence electrons. The van der Waals surface area contributed by atoms with E-state index in [1.807, 2.05) is 51.2 Å². The number of allylic oxidation sites excluding steroid dienone is 6. The van der Waals surface area contributed by atoms with Crippen LogP contribution in [0.25, 0.3) is 0 Å². The predicted molar refractivity (Wildman–Crippen MR) is 91.7 cm³/mol. The van der Waals surface area contributed by atoms with Crippen LogP contribution in [0.1, 0.15) is 20.8 Å². The monoisotopic (exact) mass is 291 g/mol. The Hall–Kier alpha value is -1.82. The van der Waals surface area contributed by atoms with Gasteiger partial charge in [0.1, 0.15) is 0 Å². The highest BCUT2D eigenvalue weighted by Gasteiger charge is 2.00. The van der Waals surface area contributed by atoms with E-state index in [-0.39, 0.29) is 6.04 Å². The second kappa shape index (κ2) is 10.9. The molecule has 0 aliphatic rings. The van der Waals surface area contributed by atoms with Crippen molar-refractivity contribution in [1.82, 2.24) is 5.01 Å². The molecule has 21 heavy (non-hydrogen) atoms. The minimum Gasteiger partial charge on any atom is -0.402 e. The molecule has 0 bridgehead atoms. The van der Waals surface area contributed by atoms with Crippen LogP contribution < -0.4 is 23.0 Å². The van der Waals surface area contributed by atoms with Crippen LogP contribution in [-0.4, -0.2) is 24.1 Å². The lowest BCUT2D eigenvalue weighted by atomic mass is 10.2. The Morgan fingerprint density at radius 2 is 1.71 bits per heavy atom. The third-order valence-electron chi connectivity index (χ3n) is 2.53. The zero-order valence-electron chi connectivity index (χ0n) is 13.3. The predicted octanol–water partition coefficient (Wildman–Crippen LogP) is 1.27. The van der Waals surface area contributed by atoms with Crippen molar-refractivity contribution in [2.45, 2.75) is 26.8 Å². The Labute approximate surface area is 128 Å². The SMILES string of the molecule is C/C=C\C(N)C=C/C=C(\C)CN(N)C/C(N)=C\C=C(\C)N. The lowest BCUT2D eigenvalue weighted by molar-refractivity contribution is 0.333. The van der Waals surface area contributed by atoms with Gasteiger partial charge >= 0.3 is 0 Å². The van der Waals surface area contributed by atoms with Gasteiger partial charge in [0.05, 0.1) is 6.54 Å². The number of hydrazine groups is 1. The van der Waals surface area contributed by atoms with Gasteiger partial charge in [0.25, 0.3) is 0 Å². The van der Waals surface area contributed by atoms with Crippen molar-refractivity contribution in [2.24, 2.45) is 23.0 Å². The standard InChI is InChI=1S/C16H29N5/c1-4-6-15(18)8-5-7-13(2)11-21(20)12-16(19)10-9-14(3)17/h4-10,15H,11-12,17-20H2,1-3H3/b6-4-,8-5?,13-7+,14-9-,16-10+. The van der Waals surface area contributed by atoms with Gasteiger partial charge in [0.2, 0.25) is 0 Å². The molecule has 0 heterocycles. The molecule has 1 atom stereocenters. The van der Waals surface area contributed by atoms with Crippen molar-refractivity contribution >= 4 is 0 Å². The number of hydrogen-bond acceptors (Lipinski definition) is 5. The van der Waals surface area contributed by atoms with Crippen LogP contribution in [0.15, 0.2) is 59.5 Å². The van der Waals surface area contributed by atoms with Gasteiger partial charge in [-0.2, -0.15) is 0 Å². The minimum absolute atomic E-state index is 0.0575. The van der Waals surface area contributed by atoms with Crippen molar-refractivity contribution in [3.05, 3.63) is 59.5 Å². The maximum Gasteiger partial charge on any atom is 0.0528 e. The van der Waals surface area contributed by atoms with E-state index < -0.39 is 0 Å². The summed E-state index contributed by atoms with van der Waals surface area (Å²) in [6.07, 6.45) is 13.2. The molecule has 0 spiro atoms. The van der Waals surface area contributed by atoms with E-state index >= 15 is 0 Å². The van der Waals surface area contributed by atoms with Crippen LogP contribution >= 0.6 is 0 Å². The van der Waals surface area contributed by atoms with Crippen molar-refractivity contribution in [1.29, 1.82) is 0 Å². The molecule has 0 rings (SSSR count). The molecule has 0 amide bonds. The fraction of sp³-hybridized carbons (Fsp3) is 0.375. The minimum atomic E-state index is -0.0575. The topological polar surface area (TPSA) is 107 Å². The number of hydrogen-bond donors (Lipinski definition) is 4. The molecule has 0 saturated carbocycles. The average Bonchev–Trinajstić information content (AvgIpc) is 2.36. The van der Waals surface area contributed by atoms with E-state index in [1.54, 1.807) is 17.2 Å². The van der Waals surface area contributed by atoms with Gasteiger partial charge in [-0.05, 0) is 32.9 Å². The second-order valence-corrected chi connectivity index (χ2v) is 5.06. The van der Waals surface area contributed by atoms with Crippen molar-refractivity contribution in [2.75, 3.05) is 13.1 Å². The molecule has 0 fully saturated rings. The summed E-state index contributed by atoms with van der Waals surface area (Å²) in [5.41, 5.74) is 19.7. The largest absolute Gasteiger partial charge is 0.402 e. The van der Waals surface area contributed by atoms with Crippen LogP contribution in [0.2, 0.25) is 0 Å². The Kier molecular flexibility index (Phi) is 9.96. The fourth-order valence-corrected chi connectivity index (χ4v) is 1.59. The molecule has 0 aliphatic carbocycles. The molecule has 5 nitrogen and oxygen atoms in total. The Morgan fingerprint density at radius 3 is 2.29 bits per heavy atom. The molecule has 0 radical (unpaired) electrons. The first-order valence-electron chi connectivity index (χ1n) is 6.95. The quantitative estimate of drug-likeness (QED) is 0.233. The number of rotatable bonds is 8. The van der Waals surface area contributed by atoms with Crippen molar-refractivity contribution < 1.29 is 0 Å². The van der Waals surface area contributed by atoms with Gasteiger partial charge in [0.15, 0.2) is 0 Å². The Balaban J connectivity index is 4.34. The van der Waals surface area contributed by atoms with Gasteiger partial charge in [-0.1, -0.05) is 36.0 Å². The van der Waals surface area contributed by atoms with Gasteiger partial charge in [-0.3, -0.25) is 5.84 Å². The summed E-state index contributed by atoms with van der Waals surface area (Å²) in [6.45, 7) is 6.87. The maximum atomic E-state index is 5.92. The highest BCUT2D eigenvalue weighted by molar-refractivity contribution is 5.17. The zero-order chi connectivity index (χ0) is 16.3. The fourth-order valence-electron chi connectivity index (χ4n) is 1.59. The van der Waals surface area contributed by atoms with Crippen LogP contribution in [0.5, 0.6) is 0 Å². The van der Waals surface area contributed by atoms with E-state index in [4.69, 9.17) is 23.0 Å². The first kappa shape index (κ1) is 19.2. The van der Waals surface area contributed by atoms with Crippen LogP contribution in [0.4, 0.5) is 0 Å². The van der Waals surface area contributed by atoms with Gasteiger partial charge < -0.3 is 17.2 Å². The number of nitrogens with two attached hydrogens (primary N) is 4. The summed E-state index contributed by atoms with van der Waals surface area (Å²) in [5, 5.41) is 1.65. The van der Waals surface area contributed by atoms with Crippen LogP contribution in [-0.2, 0) is 0 Å². The molecule has 0 aliphatic heterocycles. The summed E-state index contributed by atoms with van der Waals surface area (Å²) >= 11 is 0. The molecule has 0 aromatic heterocycles. The third-order valence-corrected chi connectivity index (χ3v) is 2.53. The van der Waals surface area contributed by atoms with E-state index in [2.05, 4.69) is 0 Å².